The van der Waals surface area contributed by atoms with Crippen molar-refractivity contribution < 1.29 is 13.2 Å². The molecular weight excluding hydrogens is 312 g/mol. The maximum atomic E-state index is 12.5. The minimum absolute atomic E-state index is 0.0563. The van der Waals surface area contributed by atoms with Crippen LogP contribution in [0, 0.1) is 18.8 Å². The number of sulfonamides is 1. The predicted molar refractivity (Wildman–Crippen MR) is 91.1 cm³/mol. The Kier molecular flexibility index (Phi) is 4.12. The average molecular weight is 336 g/mol. The lowest BCUT2D eigenvalue weighted by Gasteiger charge is -2.23. The Hall–Kier alpha value is -1.56. The summed E-state index contributed by atoms with van der Waals surface area (Å²) in [6, 6.07) is 5.47. The van der Waals surface area contributed by atoms with Gasteiger partial charge in [0.1, 0.15) is 0 Å². The summed E-state index contributed by atoms with van der Waals surface area (Å²) in [6.07, 6.45) is 6.06. The molecule has 0 spiro atoms. The van der Waals surface area contributed by atoms with E-state index in [4.69, 9.17) is 0 Å². The summed E-state index contributed by atoms with van der Waals surface area (Å²) in [5, 5.41) is 3.16. The lowest BCUT2D eigenvalue weighted by atomic mass is 9.95. The molecule has 0 heterocycles. The van der Waals surface area contributed by atoms with Crippen molar-refractivity contribution in [1.29, 1.82) is 0 Å². The van der Waals surface area contributed by atoms with Gasteiger partial charge in [0.2, 0.25) is 10.0 Å². The minimum Gasteiger partial charge on any atom is -0.349 e. The van der Waals surface area contributed by atoms with Crippen molar-refractivity contribution in [2.75, 3.05) is 17.6 Å². The molecule has 2 aliphatic rings. The van der Waals surface area contributed by atoms with Gasteiger partial charge in [-0.15, -0.1) is 0 Å². The number of carbonyl (C=O) groups is 1. The number of anilines is 1. The molecule has 0 aliphatic heterocycles. The van der Waals surface area contributed by atoms with Crippen molar-refractivity contribution in [1.82, 2.24) is 5.32 Å². The van der Waals surface area contributed by atoms with Gasteiger partial charge in [-0.3, -0.25) is 9.10 Å². The number of hydrogen-bond donors (Lipinski definition) is 1. The van der Waals surface area contributed by atoms with Crippen LogP contribution in [0.4, 0.5) is 5.69 Å². The Morgan fingerprint density at radius 3 is 2.52 bits per heavy atom. The fraction of sp³-hybridized carbons (Fsp3) is 0.588. The molecule has 1 N–H and O–H groups in total. The monoisotopic (exact) mass is 336 g/mol. The standard InChI is InChI=1S/C17H24N2O3S/c1-11-8-14(6-7-16(11)19(2)23(3,21)22)17(20)18-15-10-12-4-5-13(15)9-12/h6-8,12-13,15H,4-5,9-10H2,1-3H3,(H,18,20). The molecule has 3 rings (SSSR count). The van der Waals surface area contributed by atoms with Crippen molar-refractivity contribution in [3.05, 3.63) is 29.3 Å². The summed E-state index contributed by atoms with van der Waals surface area (Å²) in [6.45, 7) is 1.82. The topological polar surface area (TPSA) is 66.5 Å². The first-order chi connectivity index (χ1) is 10.8. The van der Waals surface area contributed by atoms with Crippen molar-refractivity contribution in [2.45, 2.75) is 38.6 Å². The van der Waals surface area contributed by atoms with Gasteiger partial charge < -0.3 is 5.32 Å². The molecule has 5 nitrogen and oxygen atoms in total. The first-order valence-electron chi connectivity index (χ1n) is 8.11. The maximum Gasteiger partial charge on any atom is 0.251 e. The first-order valence-corrected chi connectivity index (χ1v) is 9.96. The molecular formula is C17H24N2O3S. The summed E-state index contributed by atoms with van der Waals surface area (Å²) in [4.78, 5) is 12.5. The fourth-order valence-corrected chi connectivity index (χ4v) is 4.56. The molecule has 3 unspecified atom stereocenters. The Bertz CT molecular complexity index is 729. The van der Waals surface area contributed by atoms with E-state index in [9.17, 15) is 13.2 Å². The number of rotatable bonds is 4. The smallest absolute Gasteiger partial charge is 0.251 e. The van der Waals surface area contributed by atoms with E-state index in [0.29, 0.717) is 23.2 Å². The highest BCUT2D eigenvalue weighted by Gasteiger charge is 2.40. The number of aryl methyl sites for hydroxylation is 1. The molecule has 6 heteroatoms. The molecule has 1 amide bonds. The molecule has 1 aromatic carbocycles. The van der Waals surface area contributed by atoms with E-state index in [1.807, 2.05) is 6.92 Å². The van der Waals surface area contributed by atoms with E-state index in [0.717, 1.165) is 17.9 Å². The number of carbonyl (C=O) groups excluding carboxylic acids is 1. The van der Waals surface area contributed by atoms with Gasteiger partial charge in [-0.05, 0) is 61.8 Å². The third-order valence-corrected chi connectivity index (χ3v) is 6.54. The molecule has 2 fully saturated rings. The highest BCUT2D eigenvalue weighted by molar-refractivity contribution is 7.92. The molecule has 126 valence electrons. The Morgan fingerprint density at radius 1 is 1.26 bits per heavy atom. The van der Waals surface area contributed by atoms with E-state index >= 15 is 0 Å². The molecule has 1 aromatic rings. The van der Waals surface area contributed by atoms with E-state index in [1.165, 1.54) is 36.9 Å². The summed E-state index contributed by atoms with van der Waals surface area (Å²) in [7, 11) is -1.78. The maximum absolute atomic E-state index is 12.5. The van der Waals surface area contributed by atoms with Crippen LogP contribution in [0.15, 0.2) is 18.2 Å². The van der Waals surface area contributed by atoms with Crippen LogP contribution in [0.1, 0.15) is 41.6 Å². The molecule has 2 bridgehead atoms. The van der Waals surface area contributed by atoms with Gasteiger partial charge in [-0.2, -0.15) is 0 Å². The van der Waals surface area contributed by atoms with Gasteiger partial charge in [-0.25, -0.2) is 8.42 Å². The van der Waals surface area contributed by atoms with Crippen molar-refractivity contribution >= 4 is 21.6 Å². The van der Waals surface area contributed by atoms with Gasteiger partial charge in [0.25, 0.3) is 5.91 Å². The number of nitrogens with one attached hydrogen (secondary N) is 1. The quantitative estimate of drug-likeness (QED) is 0.917. The summed E-state index contributed by atoms with van der Waals surface area (Å²) in [5.74, 6) is 1.37. The van der Waals surface area contributed by atoms with Crippen LogP contribution < -0.4 is 9.62 Å². The van der Waals surface area contributed by atoms with Crippen LogP contribution in [0.3, 0.4) is 0 Å². The van der Waals surface area contributed by atoms with Crippen LogP contribution in [0.5, 0.6) is 0 Å². The number of benzene rings is 1. The molecule has 2 aliphatic carbocycles. The predicted octanol–water partition coefficient (Wildman–Crippen LogP) is 2.31. The van der Waals surface area contributed by atoms with Gasteiger partial charge in [0, 0.05) is 18.7 Å². The molecule has 0 radical (unpaired) electrons. The highest BCUT2D eigenvalue weighted by Crippen LogP contribution is 2.44. The summed E-state index contributed by atoms with van der Waals surface area (Å²) in [5.41, 5.74) is 1.97. The zero-order valence-electron chi connectivity index (χ0n) is 13.9. The normalized spacial score (nSPS) is 26.3. The van der Waals surface area contributed by atoms with Crippen LogP contribution in [-0.2, 0) is 10.0 Å². The SMILES string of the molecule is Cc1cc(C(=O)NC2CC3CCC2C3)ccc1N(C)S(C)(=O)=O. The third kappa shape index (κ3) is 3.22. The summed E-state index contributed by atoms with van der Waals surface area (Å²) < 4.78 is 24.5. The molecule has 0 aromatic heterocycles. The second kappa shape index (κ2) is 5.82. The highest BCUT2D eigenvalue weighted by atomic mass is 32.2. The molecule has 23 heavy (non-hydrogen) atoms. The van der Waals surface area contributed by atoms with Crippen molar-refractivity contribution in [2.24, 2.45) is 11.8 Å². The van der Waals surface area contributed by atoms with Crippen molar-refractivity contribution in [3.8, 4) is 0 Å². The van der Waals surface area contributed by atoms with Crippen LogP contribution in [-0.4, -0.2) is 33.7 Å². The molecule has 0 saturated heterocycles. The van der Waals surface area contributed by atoms with E-state index in [2.05, 4.69) is 5.32 Å². The average Bonchev–Trinajstić information content (AvgIpc) is 3.08. The second-order valence-corrected chi connectivity index (χ2v) is 9.00. The summed E-state index contributed by atoms with van der Waals surface area (Å²) >= 11 is 0. The fourth-order valence-electron chi connectivity index (χ4n) is 4.00. The van der Waals surface area contributed by atoms with Gasteiger partial charge in [-0.1, -0.05) is 6.42 Å². The second-order valence-electron chi connectivity index (χ2n) is 6.99. The zero-order chi connectivity index (χ0) is 16.8. The Labute approximate surface area is 138 Å². The van der Waals surface area contributed by atoms with Crippen LogP contribution in [0.25, 0.3) is 0 Å². The van der Waals surface area contributed by atoms with Crippen molar-refractivity contribution in [3.63, 3.8) is 0 Å². The minimum atomic E-state index is -3.30. The number of amides is 1. The van der Waals surface area contributed by atoms with Gasteiger partial charge in [0.05, 0.1) is 11.9 Å². The number of hydrogen-bond acceptors (Lipinski definition) is 3. The van der Waals surface area contributed by atoms with Crippen LogP contribution in [0.2, 0.25) is 0 Å². The first kappa shape index (κ1) is 16.3. The van der Waals surface area contributed by atoms with Gasteiger partial charge in [0.15, 0.2) is 0 Å². The number of fused-ring (bicyclic) bond motifs is 2. The Balaban J connectivity index is 1.73. The largest absolute Gasteiger partial charge is 0.349 e. The van der Waals surface area contributed by atoms with E-state index in [1.54, 1.807) is 18.2 Å². The van der Waals surface area contributed by atoms with Crippen LogP contribution >= 0.6 is 0 Å². The van der Waals surface area contributed by atoms with Gasteiger partial charge >= 0.3 is 0 Å². The van der Waals surface area contributed by atoms with E-state index in [-0.39, 0.29) is 5.91 Å². The van der Waals surface area contributed by atoms with E-state index < -0.39 is 10.0 Å². The zero-order valence-corrected chi connectivity index (χ0v) is 14.7. The number of nitrogens with zero attached hydrogens (tertiary/aromatic N) is 1. The Morgan fingerprint density at radius 2 is 2.00 bits per heavy atom. The third-order valence-electron chi connectivity index (χ3n) is 5.35. The molecule has 2 saturated carbocycles. The lowest BCUT2D eigenvalue weighted by Crippen LogP contribution is -2.38. The molecule has 3 atom stereocenters. The lowest BCUT2D eigenvalue weighted by molar-refractivity contribution is 0.0923.